The number of nitriles is 1. The second-order valence-electron chi connectivity index (χ2n) is 8.20. The van der Waals surface area contributed by atoms with Crippen molar-refractivity contribution in [2.75, 3.05) is 5.32 Å². The first-order chi connectivity index (χ1) is 14.7. The Hall–Kier alpha value is -3.63. The fraction of sp³-hybridized carbons (Fsp3) is 0.208. The van der Waals surface area contributed by atoms with Crippen LogP contribution >= 0.6 is 11.3 Å². The Morgan fingerprint density at radius 3 is 2.84 bits per heavy atom. The predicted octanol–water partition coefficient (Wildman–Crippen LogP) is 6.06. The molecule has 0 aliphatic carbocycles. The van der Waals surface area contributed by atoms with Crippen molar-refractivity contribution in [3.63, 3.8) is 0 Å². The monoisotopic (exact) mass is 430 g/mol. The summed E-state index contributed by atoms with van der Waals surface area (Å²) in [6.07, 6.45) is 6.62. The molecule has 0 spiro atoms. The molecule has 3 aromatic heterocycles. The van der Waals surface area contributed by atoms with Crippen LogP contribution in [-0.4, -0.2) is 21.5 Å². The zero-order valence-electron chi connectivity index (χ0n) is 17.7. The summed E-state index contributed by atoms with van der Waals surface area (Å²) in [5.74, 6) is -0.399. The molecule has 4 rings (SSSR count). The SMILES string of the molecule is Cc1c(Nc2c(C#N)cnc3sc(/C=C/C(=O)OC(C)(C)C)cc23)ccc2[nH]ccc12. The van der Waals surface area contributed by atoms with Crippen molar-refractivity contribution in [1.29, 1.82) is 5.26 Å². The first kappa shape index (κ1) is 20.6. The van der Waals surface area contributed by atoms with Gasteiger partial charge in [-0.1, -0.05) is 0 Å². The Kier molecular flexibility index (Phi) is 5.25. The van der Waals surface area contributed by atoms with Crippen molar-refractivity contribution in [3.05, 3.63) is 58.7 Å². The third-order valence-corrected chi connectivity index (χ3v) is 5.76. The fourth-order valence-corrected chi connectivity index (χ4v) is 4.26. The zero-order chi connectivity index (χ0) is 22.2. The Morgan fingerprint density at radius 2 is 2.10 bits per heavy atom. The molecular formula is C24H22N4O2S. The normalized spacial score (nSPS) is 11.8. The van der Waals surface area contributed by atoms with E-state index in [1.165, 1.54) is 17.4 Å². The number of fused-ring (bicyclic) bond motifs is 2. The summed E-state index contributed by atoms with van der Waals surface area (Å²) in [6.45, 7) is 7.54. The number of nitrogens with zero attached hydrogens (tertiary/aromatic N) is 2. The topological polar surface area (TPSA) is 90.8 Å². The zero-order valence-corrected chi connectivity index (χ0v) is 18.6. The number of anilines is 2. The van der Waals surface area contributed by atoms with E-state index < -0.39 is 11.6 Å². The maximum atomic E-state index is 12.0. The molecule has 0 unspecified atom stereocenters. The minimum Gasteiger partial charge on any atom is -0.457 e. The number of aromatic nitrogens is 2. The van der Waals surface area contributed by atoms with Gasteiger partial charge >= 0.3 is 5.97 Å². The number of benzene rings is 1. The second-order valence-corrected chi connectivity index (χ2v) is 9.26. The van der Waals surface area contributed by atoms with Gasteiger partial charge in [-0.2, -0.15) is 5.26 Å². The summed E-state index contributed by atoms with van der Waals surface area (Å²) < 4.78 is 5.32. The number of carbonyl (C=O) groups is 1. The summed E-state index contributed by atoms with van der Waals surface area (Å²) in [5, 5.41) is 15.0. The molecule has 6 nitrogen and oxygen atoms in total. The predicted molar refractivity (Wildman–Crippen MR) is 126 cm³/mol. The van der Waals surface area contributed by atoms with E-state index in [2.05, 4.69) is 21.4 Å². The number of pyridine rings is 1. The van der Waals surface area contributed by atoms with E-state index in [1.54, 1.807) is 12.3 Å². The molecule has 7 heteroatoms. The maximum Gasteiger partial charge on any atom is 0.331 e. The number of H-pyrrole nitrogens is 1. The molecule has 0 aliphatic rings. The number of aromatic amines is 1. The molecule has 0 saturated heterocycles. The van der Waals surface area contributed by atoms with Gasteiger partial charge in [-0.25, -0.2) is 9.78 Å². The lowest BCUT2D eigenvalue weighted by Crippen LogP contribution is -2.22. The van der Waals surface area contributed by atoms with Crippen LogP contribution in [0.1, 0.15) is 36.8 Å². The maximum absolute atomic E-state index is 12.0. The highest BCUT2D eigenvalue weighted by atomic mass is 32.1. The number of aryl methyl sites for hydroxylation is 1. The van der Waals surface area contributed by atoms with Crippen LogP contribution in [0.3, 0.4) is 0 Å². The first-order valence-electron chi connectivity index (χ1n) is 9.82. The quantitative estimate of drug-likeness (QED) is 0.303. The van der Waals surface area contributed by atoms with Gasteiger partial charge in [0.25, 0.3) is 0 Å². The molecule has 3 heterocycles. The summed E-state index contributed by atoms with van der Waals surface area (Å²) in [4.78, 5) is 21.3. The molecule has 31 heavy (non-hydrogen) atoms. The smallest absolute Gasteiger partial charge is 0.331 e. The summed E-state index contributed by atoms with van der Waals surface area (Å²) in [5.41, 5.74) is 3.70. The molecule has 2 N–H and O–H groups in total. The van der Waals surface area contributed by atoms with Gasteiger partial charge in [0.1, 0.15) is 16.5 Å². The average Bonchev–Trinajstić information content (AvgIpc) is 3.34. The Balaban J connectivity index is 1.71. The van der Waals surface area contributed by atoms with Gasteiger partial charge in [0, 0.05) is 45.3 Å². The minimum absolute atomic E-state index is 0.399. The standard InChI is InChI=1S/C24H22N4O2S/c1-14-17-9-10-26-20(17)7-6-19(14)28-22-15(12-25)13-27-23-18(22)11-16(31-23)5-8-21(29)30-24(2,3)4/h5-11,13,26H,1-4H3,(H,27,28)/b8-5+. The van der Waals surface area contributed by atoms with Gasteiger partial charge in [0.2, 0.25) is 0 Å². The Labute approximate surface area is 184 Å². The number of esters is 1. The largest absolute Gasteiger partial charge is 0.457 e. The van der Waals surface area contributed by atoms with E-state index in [0.29, 0.717) is 11.3 Å². The van der Waals surface area contributed by atoms with Crippen LogP contribution in [0.2, 0.25) is 0 Å². The first-order valence-corrected chi connectivity index (χ1v) is 10.6. The summed E-state index contributed by atoms with van der Waals surface area (Å²) in [7, 11) is 0. The third-order valence-electron chi connectivity index (χ3n) is 4.76. The average molecular weight is 431 g/mol. The number of nitrogens with one attached hydrogen (secondary N) is 2. The summed E-state index contributed by atoms with van der Waals surface area (Å²) in [6, 6.07) is 10.2. The van der Waals surface area contributed by atoms with Gasteiger partial charge in [-0.15, -0.1) is 11.3 Å². The van der Waals surface area contributed by atoms with E-state index in [0.717, 1.165) is 37.2 Å². The van der Waals surface area contributed by atoms with Crippen LogP contribution in [0, 0.1) is 18.3 Å². The molecule has 1 aromatic carbocycles. The van der Waals surface area contributed by atoms with Crippen LogP contribution in [0.25, 0.3) is 27.2 Å². The summed E-state index contributed by atoms with van der Waals surface area (Å²) >= 11 is 1.45. The van der Waals surface area contributed by atoms with E-state index in [4.69, 9.17) is 4.74 Å². The van der Waals surface area contributed by atoms with Crippen molar-refractivity contribution < 1.29 is 9.53 Å². The number of carbonyl (C=O) groups excluding carboxylic acids is 1. The van der Waals surface area contributed by atoms with Gasteiger partial charge < -0.3 is 15.0 Å². The van der Waals surface area contributed by atoms with Crippen molar-refractivity contribution in [1.82, 2.24) is 9.97 Å². The van der Waals surface area contributed by atoms with Gasteiger partial charge in [0.05, 0.1) is 11.3 Å². The molecule has 0 amide bonds. The molecular weight excluding hydrogens is 408 g/mol. The van der Waals surface area contributed by atoms with E-state index in [9.17, 15) is 10.1 Å². The van der Waals surface area contributed by atoms with Crippen LogP contribution in [0.4, 0.5) is 11.4 Å². The molecule has 0 bridgehead atoms. The number of rotatable bonds is 4. The fourth-order valence-electron chi connectivity index (χ4n) is 3.35. The van der Waals surface area contributed by atoms with Gasteiger partial charge in [0.15, 0.2) is 0 Å². The van der Waals surface area contributed by atoms with E-state index >= 15 is 0 Å². The molecule has 156 valence electrons. The van der Waals surface area contributed by atoms with Crippen LogP contribution in [0.5, 0.6) is 0 Å². The highest BCUT2D eigenvalue weighted by Gasteiger charge is 2.16. The van der Waals surface area contributed by atoms with Gasteiger partial charge in [-0.3, -0.25) is 0 Å². The van der Waals surface area contributed by atoms with E-state index in [1.807, 2.05) is 58.2 Å². The van der Waals surface area contributed by atoms with E-state index in [-0.39, 0.29) is 0 Å². The number of hydrogen-bond donors (Lipinski definition) is 2. The Morgan fingerprint density at radius 1 is 1.29 bits per heavy atom. The lowest BCUT2D eigenvalue weighted by Gasteiger charge is -2.17. The molecule has 0 saturated carbocycles. The lowest BCUT2D eigenvalue weighted by molar-refractivity contribution is -0.148. The van der Waals surface area contributed by atoms with Crippen molar-refractivity contribution in [2.24, 2.45) is 0 Å². The second kappa shape index (κ2) is 7.89. The molecule has 0 atom stereocenters. The highest BCUT2D eigenvalue weighted by molar-refractivity contribution is 7.19. The highest BCUT2D eigenvalue weighted by Crippen LogP contribution is 2.36. The molecule has 0 fully saturated rings. The van der Waals surface area contributed by atoms with Crippen molar-refractivity contribution >= 4 is 55.9 Å². The molecule has 4 aromatic rings. The minimum atomic E-state index is -0.541. The Bertz CT molecular complexity index is 1370. The van der Waals surface area contributed by atoms with Crippen molar-refractivity contribution in [3.8, 4) is 6.07 Å². The van der Waals surface area contributed by atoms with Crippen LogP contribution < -0.4 is 5.32 Å². The van der Waals surface area contributed by atoms with Crippen molar-refractivity contribution in [2.45, 2.75) is 33.3 Å². The van der Waals surface area contributed by atoms with Crippen LogP contribution in [0.15, 0.2) is 42.7 Å². The third kappa shape index (κ3) is 4.30. The van der Waals surface area contributed by atoms with Gasteiger partial charge in [-0.05, 0) is 63.6 Å². The number of hydrogen-bond acceptors (Lipinski definition) is 6. The number of thiophene rings is 1. The molecule has 0 radical (unpaired) electrons. The van der Waals surface area contributed by atoms with Crippen LogP contribution in [-0.2, 0) is 9.53 Å². The number of ether oxygens (including phenoxy) is 1. The molecule has 0 aliphatic heterocycles. The lowest BCUT2D eigenvalue weighted by atomic mass is 10.1.